The number of nitrogens with two attached hydrogens (primary N) is 1. The van der Waals surface area contributed by atoms with Crippen LogP contribution >= 0.6 is 0 Å². The molecule has 1 fully saturated rings. The highest BCUT2D eigenvalue weighted by atomic mass is 15.0. The molecule has 0 amide bonds. The molecule has 0 radical (unpaired) electrons. The van der Waals surface area contributed by atoms with E-state index in [1.165, 1.54) is 0 Å². The molecule has 0 aliphatic carbocycles. The first-order valence-electron chi connectivity index (χ1n) is 3.30. The van der Waals surface area contributed by atoms with E-state index in [1.807, 2.05) is 0 Å². The Morgan fingerprint density at radius 3 is 2.56 bits per heavy atom. The Morgan fingerprint density at radius 1 is 1.67 bits per heavy atom. The van der Waals surface area contributed by atoms with E-state index in [0.29, 0.717) is 6.04 Å². The van der Waals surface area contributed by atoms with Crippen LogP contribution in [-0.4, -0.2) is 17.9 Å². The van der Waals surface area contributed by atoms with Gasteiger partial charge in [-0.25, -0.2) is 0 Å². The average Bonchev–Trinajstić information content (AvgIpc) is 2.14. The highest BCUT2D eigenvalue weighted by Crippen LogP contribution is 2.10. The van der Waals surface area contributed by atoms with E-state index in [2.05, 4.69) is 12.2 Å². The van der Waals surface area contributed by atoms with Crippen molar-refractivity contribution in [3.05, 3.63) is 0 Å². The number of hydrogen-bond donors (Lipinski definition) is 3. The fourth-order valence-electron chi connectivity index (χ4n) is 1.17. The van der Waals surface area contributed by atoms with Crippen LogP contribution in [-0.2, 0) is 0 Å². The number of hydrogen-bond acceptors (Lipinski definition) is 2. The lowest BCUT2D eigenvalue weighted by Gasteiger charge is -2.07. The number of rotatable bonds is 1. The summed E-state index contributed by atoms with van der Waals surface area (Å²) >= 11 is 0. The van der Waals surface area contributed by atoms with Crippen LogP contribution in [0.2, 0.25) is 0 Å². The molecular formula is C6H13N3. The van der Waals surface area contributed by atoms with E-state index in [-0.39, 0.29) is 11.9 Å². The van der Waals surface area contributed by atoms with Gasteiger partial charge in [-0.2, -0.15) is 0 Å². The predicted molar refractivity (Wildman–Crippen MR) is 37.5 cm³/mol. The van der Waals surface area contributed by atoms with Crippen molar-refractivity contribution < 1.29 is 0 Å². The molecule has 0 saturated carbocycles. The summed E-state index contributed by atoms with van der Waals surface area (Å²) in [7, 11) is 0. The number of amidine groups is 1. The first-order chi connectivity index (χ1) is 4.20. The molecule has 9 heavy (non-hydrogen) atoms. The summed E-state index contributed by atoms with van der Waals surface area (Å²) in [6.07, 6.45) is 2.17. The summed E-state index contributed by atoms with van der Waals surface area (Å²) in [5.74, 6) is 0.277. The molecule has 0 unspecified atom stereocenters. The molecule has 1 aliphatic rings. The van der Waals surface area contributed by atoms with Gasteiger partial charge < -0.3 is 11.1 Å². The van der Waals surface area contributed by atoms with Gasteiger partial charge in [-0.1, -0.05) is 0 Å². The largest absolute Gasteiger partial charge is 0.386 e. The SMILES string of the molecule is C[C@H]1CC[C@@H](C(=N)N)N1. The second kappa shape index (κ2) is 2.35. The topological polar surface area (TPSA) is 61.9 Å². The predicted octanol–water partition coefficient (Wildman–Crippen LogP) is 0.0629. The van der Waals surface area contributed by atoms with Gasteiger partial charge in [-0.3, -0.25) is 5.41 Å². The lowest BCUT2D eigenvalue weighted by molar-refractivity contribution is 0.637. The molecule has 0 aromatic rings. The van der Waals surface area contributed by atoms with E-state index in [1.54, 1.807) is 0 Å². The Kier molecular flexibility index (Phi) is 1.71. The Bertz CT molecular complexity index is 121. The van der Waals surface area contributed by atoms with Crippen molar-refractivity contribution in [2.24, 2.45) is 5.73 Å². The van der Waals surface area contributed by atoms with Gasteiger partial charge in [0, 0.05) is 6.04 Å². The molecule has 52 valence electrons. The normalized spacial score (nSPS) is 34.8. The van der Waals surface area contributed by atoms with Gasteiger partial charge in [0.2, 0.25) is 0 Å². The fourth-order valence-corrected chi connectivity index (χ4v) is 1.17. The smallest absolute Gasteiger partial charge is 0.108 e. The van der Waals surface area contributed by atoms with Crippen LogP contribution in [0.25, 0.3) is 0 Å². The van der Waals surface area contributed by atoms with Crippen LogP contribution < -0.4 is 11.1 Å². The van der Waals surface area contributed by atoms with Crippen molar-refractivity contribution >= 4 is 5.84 Å². The molecule has 0 aromatic heterocycles. The van der Waals surface area contributed by atoms with E-state index in [4.69, 9.17) is 11.1 Å². The first-order valence-corrected chi connectivity index (χ1v) is 3.30. The van der Waals surface area contributed by atoms with Gasteiger partial charge in [0.25, 0.3) is 0 Å². The van der Waals surface area contributed by atoms with Crippen LogP contribution in [0.5, 0.6) is 0 Å². The van der Waals surface area contributed by atoms with E-state index < -0.39 is 0 Å². The monoisotopic (exact) mass is 127 g/mol. The van der Waals surface area contributed by atoms with Crippen molar-refractivity contribution in [2.45, 2.75) is 31.8 Å². The third kappa shape index (κ3) is 1.42. The van der Waals surface area contributed by atoms with Crippen molar-refractivity contribution in [2.75, 3.05) is 0 Å². The minimum Gasteiger partial charge on any atom is -0.386 e. The molecule has 1 heterocycles. The third-order valence-corrected chi connectivity index (χ3v) is 1.75. The lowest BCUT2D eigenvalue weighted by atomic mass is 10.2. The summed E-state index contributed by atoms with van der Waals surface area (Å²) in [5, 5.41) is 10.3. The Morgan fingerprint density at radius 2 is 2.33 bits per heavy atom. The zero-order valence-electron chi connectivity index (χ0n) is 5.65. The second-order valence-electron chi connectivity index (χ2n) is 2.65. The molecular weight excluding hydrogens is 114 g/mol. The van der Waals surface area contributed by atoms with Gasteiger partial charge in [0.1, 0.15) is 5.84 Å². The molecule has 1 aliphatic heterocycles. The van der Waals surface area contributed by atoms with Crippen LogP contribution in [0.4, 0.5) is 0 Å². The molecule has 1 saturated heterocycles. The minimum atomic E-state index is 0.153. The molecule has 0 aromatic carbocycles. The van der Waals surface area contributed by atoms with Crippen LogP contribution in [0.15, 0.2) is 0 Å². The minimum absolute atomic E-state index is 0.153. The Labute approximate surface area is 55.1 Å². The zero-order chi connectivity index (χ0) is 6.85. The average molecular weight is 127 g/mol. The molecule has 0 spiro atoms. The summed E-state index contributed by atoms with van der Waals surface area (Å²) < 4.78 is 0. The lowest BCUT2D eigenvalue weighted by Crippen LogP contribution is -2.38. The third-order valence-electron chi connectivity index (χ3n) is 1.75. The molecule has 1 rings (SSSR count). The maximum absolute atomic E-state index is 7.10. The summed E-state index contributed by atoms with van der Waals surface area (Å²) in [6.45, 7) is 2.11. The zero-order valence-corrected chi connectivity index (χ0v) is 5.65. The van der Waals surface area contributed by atoms with Crippen molar-refractivity contribution in [3.63, 3.8) is 0 Å². The summed E-state index contributed by atoms with van der Waals surface area (Å²) in [5.41, 5.74) is 5.28. The fraction of sp³-hybridized carbons (Fsp3) is 0.833. The molecule has 4 N–H and O–H groups in total. The van der Waals surface area contributed by atoms with E-state index >= 15 is 0 Å². The maximum atomic E-state index is 7.10. The quantitative estimate of drug-likeness (QED) is 0.344. The molecule has 2 atom stereocenters. The van der Waals surface area contributed by atoms with E-state index in [0.717, 1.165) is 12.8 Å². The van der Waals surface area contributed by atoms with Crippen LogP contribution in [0.3, 0.4) is 0 Å². The summed E-state index contributed by atoms with van der Waals surface area (Å²) in [4.78, 5) is 0. The summed E-state index contributed by atoms with van der Waals surface area (Å²) in [6, 6.07) is 0.693. The Hall–Kier alpha value is -0.570. The standard InChI is InChI=1S/C6H13N3/c1-4-2-3-5(9-4)6(7)8/h4-5,9H,2-3H2,1H3,(H3,7,8)/t4-,5-/m0/s1. The highest BCUT2D eigenvalue weighted by molar-refractivity contribution is 5.82. The van der Waals surface area contributed by atoms with Gasteiger partial charge in [-0.15, -0.1) is 0 Å². The van der Waals surface area contributed by atoms with Crippen LogP contribution in [0, 0.1) is 5.41 Å². The molecule has 3 nitrogen and oxygen atoms in total. The maximum Gasteiger partial charge on any atom is 0.108 e. The first kappa shape index (κ1) is 6.55. The van der Waals surface area contributed by atoms with Crippen molar-refractivity contribution in [1.82, 2.24) is 5.32 Å². The van der Waals surface area contributed by atoms with Gasteiger partial charge in [0.15, 0.2) is 0 Å². The van der Waals surface area contributed by atoms with Gasteiger partial charge >= 0.3 is 0 Å². The van der Waals surface area contributed by atoms with E-state index in [9.17, 15) is 0 Å². The van der Waals surface area contributed by atoms with Crippen LogP contribution in [0.1, 0.15) is 19.8 Å². The van der Waals surface area contributed by atoms with Crippen molar-refractivity contribution in [3.8, 4) is 0 Å². The van der Waals surface area contributed by atoms with Gasteiger partial charge in [-0.05, 0) is 19.8 Å². The molecule has 0 bridgehead atoms. The number of nitrogens with one attached hydrogen (secondary N) is 2. The highest BCUT2D eigenvalue weighted by Gasteiger charge is 2.21. The Balaban J connectivity index is 2.39. The second-order valence-corrected chi connectivity index (χ2v) is 2.65. The van der Waals surface area contributed by atoms with Gasteiger partial charge in [0.05, 0.1) is 6.04 Å². The molecule has 3 heteroatoms. The van der Waals surface area contributed by atoms with Crippen molar-refractivity contribution in [1.29, 1.82) is 5.41 Å².